The molecule has 0 saturated carbocycles. The summed E-state index contributed by atoms with van der Waals surface area (Å²) in [7, 11) is 0. The summed E-state index contributed by atoms with van der Waals surface area (Å²) in [4.78, 5) is 37.3. The molecule has 182 valence electrons. The van der Waals surface area contributed by atoms with Crippen molar-refractivity contribution < 1.29 is 9.59 Å². The van der Waals surface area contributed by atoms with Crippen LogP contribution in [-0.4, -0.2) is 39.6 Å². The molecular formula is C29H34N4O2. The average Bonchev–Trinajstić information content (AvgIpc) is 3.45. The number of hydrogen-bond donors (Lipinski definition) is 1. The van der Waals surface area contributed by atoms with Gasteiger partial charge in [0.1, 0.15) is 17.2 Å². The van der Waals surface area contributed by atoms with Gasteiger partial charge in [0.2, 0.25) is 5.91 Å². The number of carbonyl (C=O) groups excluding carboxylic acids is 2. The van der Waals surface area contributed by atoms with Crippen LogP contribution in [0.15, 0.2) is 47.6 Å². The van der Waals surface area contributed by atoms with Gasteiger partial charge in [-0.3, -0.25) is 14.6 Å². The van der Waals surface area contributed by atoms with Crippen LogP contribution in [0.2, 0.25) is 0 Å². The third-order valence-corrected chi connectivity index (χ3v) is 7.78. The van der Waals surface area contributed by atoms with Gasteiger partial charge in [0.05, 0.1) is 5.41 Å². The molecule has 0 bridgehead atoms. The summed E-state index contributed by atoms with van der Waals surface area (Å²) < 4.78 is 0. The molecule has 3 heterocycles. The highest BCUT2D eigenvalue weighted by molar-refractivity contribution is 6.40. The topological polar surface area (TPSA) is 74.7 Å². The number of aromatic nitrogens is 1. The molecule has 2 aliphatic heterocycles. The van der Waals surface area contributed by atoms with Crippen molar-refractivity contribution in [2.24, 2.45) is 4.99 Å². The molecule has 6 heteroatoms. The Bertz CT molecular complexity index is 1220. The number of fused-ring (bicyclic) bond motifs is 3. The largest absolute Gasteiger partial charge is 0.310 e. The van der Waals surface area contributed by atoms with Crippen molar-refractivity contribution in [2.75, 3.05) is 11.9 Å². The van der Waals surface area contributed by atoms with E-state index in [4.69, 9.17) is 4.99 Å². The molecule has 0 saturated heterocycles. The maximum atomic E-state index is 13.1. The molecular weight excluding hydrogens is 436 g/mol. The van der Waals surface area contributed by atoms with Crippen LogP contribution in [-0.2, 0) is 27.8 Å². The van der Waals surface area contributed by atoms with Crippen LogP contribution in [0.25, 0.3) is 6.08 Å². The fourth-order valence-corrected chi connectivity index (χ4v) is 6.18. The first-order valence-corrected chi connectivity index (χ1v) is 12.9. The summed E-state index contributed by atoms with van der Waals surface area (Å²) in [5.74, 6) is 0.813. The van der Waals surface area contributed by atoms with Gasteiger partial charge in [-0.2, -0.15) is 0 Å². The predicted octanol–water partition coefficient (Wildman–Crippen LogP) is 5.07. The van der Waals surface area contributed by atoms with Gasteiger partial charge in [-0.25, -0.2) is 4.98 Å². The summed E-state index contributed by atoms with van der Waals surface area (Å²) in [5.41, 5.74) is 4.26. The fourth-order valence-electron chi connectivity index (χ4n) is 6.18. The van der Waals surface area contributed by atoms with E-state index in [0.29, 0.717) is 37.3 Å². The van der Waals surface area contributed by atoms with Gasteiger partial charge in [0, 0.05) is 18.3 Å². The first-order chi connectivity index (χ1) is 17.0. The zero-order valence-electron chi connectivity index (χ0n) is 20.9. The summed E-state index contributed by atoms with van der Waals surface area (Å²) in [6, 6.07) is 10.4. The lowest BCUT2D eigenvalue weighted by Crippen LogP contribution is -2.46. The number of amides is 2. The Balaban J connectivity index is 1.35. The van der Waals surface area contributed by atoms with E-state index >= 15 is 0 Å². The van der Waals surface area contributed by atoms with Crippen molar-refractivity contribution >= 4 is 29.4 Å². The van der Waals surface area contributed by atoms with Crippen LogP contribution in [0.1, 0.15) is 75.1 Å². The Morgan fingerprint density at radius 3 is 2.57 bits per heavy atom. The number of pyridine rings is 1. The van der Waals surface area contributed by atoms with Crippen molar-refractivity contribution in [2.45, 2.75) is 76.8 Å². The van der Waals surface area contributed by atoms with Crippen molar-refractivity contribution in [1.29, 1.82) is 0 Å². The second-order valence-corrected chi connectivity index (χ2v) is 10.0. The molecule has 0 fully saturated rings. The quantitative estimate of drug-likeness (QED) is 0.585. The molecule has 2 aromatic rings. The third-order valence-electron chi connectivity index (χ3n) is 7.78. The Labute approximate surface area is 207 Å². The second kappa shape index (κ2) is 9.06. The average molecular weight is 471 g/mol. The smallest absolute Gasteiger partial charge is 0.270 e. The minimum absolute atomic E-state index is 0.0435. The zero-order valence-corrected chi connectivity index (χ0v) is 20.9. The number of benzene rings is 1. The molecule has 0 radical (unpaired) electrons. The van der Waals surface area contributed by atoms with Crippen molar-refractivity contribution in [3.8, 4) is 0 Å². The van der Waals surface area contributed by atoms with Gasteiger partial charge in [-0.15, -0.1) is 0 Å². The lowest BCUT2D eigenvalue weighted by Gasteiger charge is -2.35. The summed E-state index contributed by atoms with van der Waals surface area (Å²) in [6.07, 6.45) is 11.7. The standard InChI is InChI=1S/C29H34N4O2/c1-4-13-29(14-5-2)32-24(6-3)26(34)33(29)16-8-9-20-11-12-21-18-28(19-22(21)17-20)23-10-7-15-30-25(23)31-27(28)35/h7-12,15,17H,4-6,13-14,16,18-19H2,1-3H3,(H,30,31,35). The number of hydrogen-bond acceptors (Lipinski definition) is 4. The Kier molecular flexibility index (Phi) is 6.07. The van der Waals surface area contributed by atoms with Crippen molar-refractivity contribution in [3.63, 3.8) is 0 Å². The van der Waals surface area contributed by atoms with Gasteiger partial charge < -0.3 is 10.2 Å². The summed E-state index contributed by atoms with van der Waals surface area (Å²) in [5, 5.41) is 2.97. The minimum atomic E-state index is -0.552. The van der Waals surface area contributed by atoms with Crippen LogP contribution >= 0.6 is 0 Å². The van der Waals surface area contributed by atoms with E-state index in [9.17, 15) is 9.59 Å². The van der Waals surface area contributed by atoms with E-state index in [1.165, 1.54) is 11.1 Å². The van der Waals surface area contributed by atoms with Gasteiger partial charge in [0.25, 0.3) is 5.91 Å². The molecule has 3 aliphatic rings. The molecule has 1 atom stereocenters. The maximum absolute atomic E-state index is 13.1. The highest BCUT2D eigenvalue weighted by Gasteiger charge is 2.51. The minimum Gasteiger partial charge on any atom is -0.310 e. The predicted molar refractivity (Wildman–Crippen MR) is 139 cm³/mol. The molecule has 5 rings (SSSR count). The number of nitrogens with one attached hydrogen (secondary N) is 1. The molecule has 1 unspecified atom stereocenters. The number of aliphatic imine (C=N–C) groups is 1. The Morgan fingerprint density at radius 2 is 1.83 bits per heavy atom. The van der Waals surface area contributed by atoms with E-state index in [1.807, 2.05) is 24.0 Å². The van der Waals surface area contributed by atoms with Crippen molar-refractivity contribution in [3.05, 3.63) is 64.9 Å². The maximum Gasteiger partial charge on any atom is 0.270 e. The molecule has 1 N–H and O–H groups in total. The highest BCUT2D eigenvalue weighted by atomic mass is 16.2. The van der Waals surface area contributed by atoms with Gasteiger partial charge in [-0.1, -0.05) is 70.0 Å². The first-order valence-electron chi connectivity index (χ1n) is 12.9. The van der Waals surface area contributed by atoms with Crippen LogP contribution < -0.4 is 5.32 Å². The fraction of sp³-hybridized carbons (Fsp3) is 0.448. The van der Waals surface area contributed by atoms with Crippen LogP contribution in [0.5, 0.6) is 0 Å². The number of rotatable bonds is 8. The van der Waals surface area contributed by atoms with E-state index in [0.717, 1.165) is 36.8 Å². The summed E-state index contributed by atoms with van der Waals surface area (Å²) in [6.45, 7) is 6.88. The van der Waals surface area contributed by atoms with Crippen LogP contribution in [0.4, 0.5) is 5.82 Å². The summed E-state index contributed by atoms with van der Waals surface area (Å²) >= 11 is 0. The van der Waals surface area contributed by atoms with Gasteiger partial charge in [-0.05, 0) is 54.9 Å². The zero-order chi connectivity index (χ0) is 24.6. The van der Waals surface area contributed by atoms with Gasteiger partial charge in [0.15, 0.2) is 0 Å². The molecule has 6 nitrogen and oxygen atoms in total. The first kappa shape index (κ1) is 23.5. The van der Waals surface area contributed by atoms with Crippen LogP contribution in [0, 0.1) is 0 Å². The SMILES string of the molecule is CCCC1(CCC)N=C(CC)C(=O)N1CC=Cc1ccc2c(c1)CC1(C2)C(=O)Nc2ncccc21. The number of anilines is 1. The molecule has 1 spiro atoms. The van der Waals surface area contributed by atoms with Gasteiger partial charge >= 0.3 is 0 Å². The molecule has 1 aromatic carbocycles. The highest BCUT2D eigenvalue weighted by Crippen LogP contribution is 2.46. The van der Waals surface area contributed by atoms with Crippen molar-refractivity contribution in [1.82, 2.24) is 9.88 Å². The third kappa shape index (κ3) is 3.79. The number of carbonyl (C=O) groups is 2. The van der Waals surface area contributed by atoms with E-state index < -0.39 is 11.1 Å². The lowest BCUT2D eigenvalue weighted by molar-refractivity contribution is -0.127. The molecule has 1 aliphatic carbocycles. The second-order valence-electron chi connectivity index (χ2n) is 10.0. The van der Waals surface area contributed by atoms with E-state index in [1.54, 1.807) is 6.20 Å². The Hall–Kier alpha value is -3.28. The Morgan fingerprint density at radius 1 is 1.06 bits per heavy atom. The van der Waals surface area contributed by atoms with E-state index in [2.05, 4.69) is 54.5 Å². The lowest BCUT2D eigenvalue weighted by atomic mass is 9.79. The normalized spacial score (nSPS) is 22.1. The molecule has 35 heavy (non-hydrogen) atoms. The van der Waals surface area contributed by atoms with E-state index in [-0.39, 0.29) is 11.8 Å². The molecule has 2 amide bonds. The van der Waals surface area contributed by atoms with Crippen LogP contribution in [0.3, 0.4) is 0 Å². The molecule has 1 aromatic heterocycles. The number of nitrogens with zero attached hydrogens (tertiary/aromatic N) is 3. The monoisotopic (exact) mass is 470 g/mol.